The summed E-state index contributed by atoms with van der Waals surface area (Å²) < 4.78 is 33.1. The second-order valence-corrected chi connectivity index (χ2v) is 10.3. The highest BCUT2D eigenvalue weighted by molar-refractivity contribution is 9.11. The van der Waals surface area contributed by atoms with Gasteiger partial charge in [0.05, 0.1) is 10.0 Å². The number of hydrogen-bond donors (Lipinski definition) is 2. The Morgan fingerprint density at radius 3 is 2.70 bits per heavy atom. The van der Waals surface area contributed by atoms with Crippen molar-refractivity contribution in [1.29, 1.82) is 0 Å². The number of nitrogens with one attached hydrogen (secondary N) is 1. The van der Waals surface area contributed by atoms with E-state index >= 15 is 0 Å². The Balaban J connectivity index is 1.68. The molecule has 0 amide bonds. The number of rotatable bonds is 6. The van der Waals surface area contributed by atoms with Gasteiger partial charge in [0.1, 0.15) is 16.1 Å². The Bertz CT molecular complexity index is 883. The van der Waals surface area contributed by atoms with E-state index in [9.17, 15) is 13.5 Å². The molecule has 3 rings (SSSR count). The Kier molecular flexibility index (Phi) is 5.04. The lowest BCUT2D eigenvalue weighted by Crippen LogP contribution is -2.21. The van der Waals surface area contributed by atoms with E-state index in [1.165, 1.54) is 17.6 Å². The van der Waals surface area contributed by atoms with Gasteiger partial charge < -0.3 is 9.52 Å². The van der Waals surface area contributed by atoms with Crippen LogP contribution in [0.5, 0.6) is 0 Å². The zero-order valence-corrected chi connectivity index (χ0v) is 15.6. The van der Waals surface area contributed by atoms with Gasteiger partial charge in [-0.2, -0.15) is 0 Å². The molecule has 1 unspecified atom stereocenters. The number of thiophene rings is 2. The summed E-state index contributed by atoms with van der Waals surface area (Å²) >= 11 is 5.74. The van der Waals surface area contributed by atoms with Gasteiger partial charge in [-0.1, -0.05) is 0 Å². The molecule has 2 N–H and O–H groups in total. The molecule has 0 bridgehead atoms. The van der Waals surface area contributed by atoms with E-state index in [1.54, 1.807) is 36.4 Å². The van der Waals surface area contributed by atoms with E-state index in [-0.39, 0.29) is 10.8 Å². The number of aliphatic hydroxyl groups excluding tert-OH is 1. The van der Waals surface area contributed by atoms with Crippen LogP contribution in [0.1, 0.15) is 21.6 Å². The predicted molar refractivity (Wildman–Crippen MR) is 93.1 cm³/mol. The largest absolute Gasteiger partial charge is 0.466 e. The van der Waals surface area contributed by atoms with E-state index < -0.39 is 16.1 Å². The maximum Gasteiger partial charge on any atom is 0.250 e. The summed E-state index contributed by atoms with van der Waals surface area (Å²) in [5.74, 6) is 0.461. The quantitative estimate of drug-likeness (QED) is 0.620. The molecule has 122 valence electrons. The van der Waals surface area contributed by atoms with E-state index in [4.69, 9.17) is 4.42 Å². The van der Waals surface area contributed by atoms with Gasteiger partial charge in [0.15, 0.2) is 0 Å². The minimum atomic E-state index is -3.53. The Morgan fingerprint density at radius 2 is 2.04 bits per heavy atom. The number of furan rings is 1. The lowest BCUT2D eigenvalue weighted by atomic mass is 10.2. The third-order valence-corrected chi connectivity index (χ3v) is 7.67. The molecular formula is C14H12BrNO4S3. The molecule has 1 atom stereocenters. The number of halogens is 1. The van der Waals surface area contributed by atoms with Crippen molar-refractivity contribution in [2.75, 3.05) is 0 Å². The highest BCUT2D eigenvalue weighted by atomic mass is 79.9. The van der Waals surface area contributed by atoms with Crippen molar-refractivity contribution in [1.82, 2.24) is 4.72 Å². The van der Waals surface area contributed by atoms with Crippen LogP contribution < -0.4 is 4.72 Å². The van der Waals surface area contributed by atoms with E-state index in [1.807, 2.05) is 0 Å². The maximum atomic E-state index is 12.2. The van der Waals surface area contributed by atoms with Crippen LogP contribution in [0.25, 0.3) is 0 Å². The van der Waals surface area contributed by atoms with Gasteiger partial charge in [0, 0.05) is 16.3 Å². The number of hydrogen-bond acceptors (Lipinski definition) is 6. The predicted octanol–water partition coefficient (Wildman–Crippen LogP) is 3.73. The summed E-state index contributed by atoms with van der Waals surface area (Å²) in [6.07, 6.45) is 0.661. The monoisotopic (exact) mass is 433 g/mol. The van der Waals surface area contributed by atoms with Crippen molar-refractivity contribution in [3.8, 4) is 0 Å². The molecule has 0 saturated carbocycles. The van der Waals surface area contributed by atoms with Gasteiger partial charge in [0.2, 0.25) is 10.0 Å². The molecule has 0 aliphatic heterocycles. The summed E-state index contributed by atoms with van der Waals surface area (Å²) in [4.78, 5) is 1.51. The van der Waals surface area contributed by atoms with Crippen LogP contribution in [0.4, 0.5) is 0 Å². The first kappa shape index (κ1) is 16.9. The Morgan fingerprint density at radius 1 is 1.22 bits per heavy atom. The summed E-state index contributed by atoms with van der Waals surface area (Å²) in [5, 5.41) is 10.2. The van der Waals surface area contributed by atoms with Gasteiger partial charge in [-0.15, -0.1) is 22.7 Å². The first-order valence-electron chi connectivity index (χ1n) is 6.51. The van der Waals surface area contributed by atoms with E-state index in [0.29, 0.717) is 10.6 Å². The molecule has 3 aromatic rings. The third kappa shape index (κ3) is 3.93. The zero-order chi connectivity index (χ0) is 16.4. The van der Waals surface area contributed by atoms with Crippen LogP contribution >= 0.6 is 38.6 Å². The fourth-order valence-electron chi connectivity index (χ4n) is 1.90. The maximum absolute atomic E-state index is 12.2. The van der Waals surface area contributed by atoms with Gasteiger partial charge in [-0.3, -0.25) is 0 Å². The second-order valence-electron chi connectivity index (χ2n) is 4.61. The summed E-state index contributed by atoms with van der Waals surface area (Å²) in [5.41, 5.74) is 0. The van der Waals surface area contributed by atoms with Crippen LogP contribution in [0.2, 0.25) is 0 Å². The molecule has 3 aromatic heterocycles. The van der Waals surface area contributed by atoms with Crippen molar-refractivity contribution in [3.63, 3.8) is 0 Å². The molecule has 0 saturated heterocycles. The summed E-state index contributed by atoms with van der Waals surface area (Å²) in [7, 11) is -3.53. The molecule has 0 radical (unpaired) electrons. The second kappa shape index (κ2) is 6.88. The first-order valence-corrected chi connectivity index (χ1v) is 10.4. The highest BCUT2D eigenvalue weighted by Crippen LogP contribution is 2.29. The van der Waals surface area contributed by atoms with Gasteiger partial charge >= 0.3 is 0 Å². The van der Waals surface area contributed by atoms with Gasteiger partial charge in [-0.05, 0) is 52.3 Å². The lowest BCUT2D eigenvalue weighted by Gasteiger charge is -2.04. The average Bonchev–Trinajstić information content (AvgIpc) is 3.25. The zero-order valence-electron chi connectivity index (χ0n) is 11.6. The normalized spacial score (nSPS) is 13.3. The van der Waals surface area contributed by atoms with Gasteiger partial charge in [0.25, 0.3) is 0 Å². The van der Waals surface area contributed by atoms with Gasteiger partial charge in [-0.25, -0.2) is 13.1 Å². The molecular weight excluding hydrogens is 422 g/mol. The lowest BCUT2D eigenvalue weighted by molar-refractivity contribution is 0.193. The molecule has 5 nitrogen and oxygen atoms in total. The fourth-order valence-corrected chi connectivity index (χ4v) is 6.00. The number of aliphatic hydroxyl groups is 1. The molecule has 23 heavy (non-hydrogen) atoms. The average molecular weight is 434 g/mol. The number of sulfonamides is 1. The molecule has 0 fully saturated rings. The molecule has 3 heterocycles. The van der Waals surface area contributed by atoms with E-state index in [2.05, 4.69) is 20.7 Å². The van der Waals surface area contributed by atoms with Crippen LogP contribution in [0, 0.1) is 0 Å². The van der Waals surface area contributed by atoms with Crippen LogP contribution in [-0.4, -0.2) is 13.5 Å². The Labute approximate surface area is 149 Å². The standard InChI is InChI=1S/C14H12BrNO4S3/c15-12-5-6-13(22-12)23(18,19)16-8-9-3-4-11(21-9)14(17)10-2-1-7-20-10/h1-7,14,16-17H,8H2. The van der Waals surface area contributed by atoms with Crippen LogP contribution in [0.15, 0.2) is 55.1 Å². The smallest absolute Gasteiger partial charge is 0.250 e. The van der Waals surface area contributed by atoms with Crippen molar-refractivity contribution in [3.05, 3.63) is 62.0 Å². The fraction of sp³-hybridized carbons (Fsp3) is 0.143. The molecule has 0 spiro atoms. The van der Waals surface area contributed by atoms with Crippen molar-refractivity contribution < 1.29 is 17.9 Å². The molecule has 0 aliphatic rings. The molecule has 0 aliphatic carbocycles. The summed E-state index contributed by atoms with van der Waals surface area (Å²) in [6.45, 7) is 0.174. The van der Waals surface area contributed by atoms with Crippen molar-refractivity contribution in [2.24, 2.45) is 0 Å². The first-order chi connectivity index (χ1) is 11.0. The SMILES string of the molecule is O=S(=O)(NCc1ccc(C(O)c2ccco2)s1)c1ccc(Br)s1. The molecule has 9 heteroatoms. The topological polar surface area (TPSA) is 79.5 Å². The van der Waals surface area contributed by atoms with E-state index in [0.717, 1.165) is 20.0 Å². The minimum Gasteiger partial charge on any atom is -0.466 e. The third-order valence-electron chi connectivity index (χ3n) is 3.01. The Hall–Kier alpha value is -0.970. The van der Waals surface area contributed by atoms with Crippen molar-refractivity contribution in [2.45, 2.75) is 16.9 Å². The minimum absolute atomic E-state index is 0.174. The highest BCUT2D eigenvalue weighted by Gasteiger charge is 2.18. The van der Waals surface area contributed by atoms with Crippen molar-refractivity contribution >= 4 is 48.6 Å². The molecule has 0 aromatic carbocycles. The summed E-state index contributed by atoms with van der Waals surface area (Å²) in [6, 6.07) is 10.2. The van der Waals surface area contributed by atoms with Crippen LogP contribution in [0.3, 0.4) is 0 Å². The van der Waals surface area contributed by atoms with Crippen LogP contribution in [-0.2, 0) is 16.6 Å².